The van der Waals surface area contributed by atoms with Crippen molar-refractivity contribution in [3.05, 3.63) is 200 Å². The number of thiophene rings is 1. The van der Waals surface area contributed by atoms with Gasteiger partial charge in [-0.25, -0.2) is 24.9 Å². The van der Waals surface area contributed by atoms with Crippen molar-refractivity contribution < 1.29 is 0 Å². The van der Waals surface area contributed by atoms with Crippen molar-refractivity contribution in [2.75, 3.05) is 0 Å². The van der Waals surface area contributed by atoms with Crippen LogP contribution in [0.1, 0.15) is 0 Å². The van der Waals surface area contributed by atoms with Gasteiger partial charge in [-0.1, -0.05) is 152 Å². The third-order valence-corrected chi connectivity index (χ3v) is 11.8. The van der Waals surface area contributed by atoms with E-state index in [2.05, 4.69) is 133 Å². The van der Waals surface area contributed by atoms with E-state index in [0.717, 1.165) is 55.9 Å². The highest BCUT2D eigenvalue weighted by molar-refractivity contribution is 7.25. The molecule has 0 saturated carbocycles. The molecule has 11 aromatic rings. The highest BCUT2D eigenvalue weighted by Gasteiger charge is 2.16. The van der Waals surface area contributed by atoms with Crippen LogP contribution in [0.4, 0.5) is 0 Å². The molecular weight excluding hydrogens is 739 g/mol. The van der Waals surface area contributed by atoms with E-state index in [0.29, 0.717) is 23.3 Å². The highest BCUT2D eigenvalue weighted by atomic mass is 32.1. The van der Waals surface area contributed by atoms with Crippen molar-refractivity contribution >= 4 is 42.3 Å². The average molecular weight is 772 g/mol. The van der Waals surface area contributed by atoms with Gasteiger partial charge in [-0.3, -0.25) is 0 Å². The van der Waals surface area contributed by atoms with Crippen LogP contribution >= 0.6 is 11.3 Å². The molecule has 0 aliphatic heterocycles. The van der Waals surface area contributed by atoms with E-state index in [9.17, 15) is 0 Å². The smallest absolute Gasteiger partial charge is 0.164 e. The number of aromatic nitrogens is 5. The second-order valence-corrected chi connectivity index (χ2v) is 15.6. The van der Waals surface area contributed by atoms with Crippen LogP contribution < -0.4 is 0 Å². The molecule has 8 aromatic carbocycles. The first kappa shape index (κ1) is 34.6. The summed E-state index contributed by atoms with van der Waals surface area (Å²) in [5.74, 6) is 2.57. The SMILES string of the molecule is c1ccc(-c2cc(-c3cccc(-c4cccc(-c5nc(-c6ccccc6)nc(-c6ccc7sc8cc9ccccc9cc8c7c6)n5)c4)c3)nc(-c3ccccc3)n2)cc1. The lowest BCUT2D eigenvalue weighted by Gasteiger charge is -2.12. The molecule has 0 aliphatic carbocycles. The Morgan fingerprint density at radius 1 is 0.254 bits per heavy atom. The summed E-state index contributed by atoms with van der Waals surface area (Å²) in [6.07, 6.45) is 0. The van der Waals surface area contributed by atoms with Crippen LogP contribution in [0.25, 0.3) is 110 Å². The predicted molar refractivity (Wildman–Crippen MR) is 244 cm³/mol. The molecule has 3 heterocycles. The van der Waals surface area contributed by atoms with Gasteiger partial charge >= 0.3 is 0 Å². The maximum atomic E-state index is 5.16. The van der Waals surface area contributed by atoms with E-state index < -0.39 is 0 Å². The van der Waals surface area contributed by atoms with Gasteiger partial charge in [-0.05, 0) is 70.4 Å². The topological polar surface area (TPSA) is 64.5 Å². The van der Waals surface area contributed by atoms with Crippen molar-refractivity contribution in [3.63, 3.8) is 0 Å². The molecule has 0 radical (unpaired) electrons. The van der Waals surface area contributed by atoms with Gasteiger partial charge < -0.3 is 0 Å². The number of benzene rings is 8. The van der Waals surface area contributed by atoms with Gasteiger partial charge in [0.25, 0.3) is 0 Å². The first-order valence-electron chi connectivity index (χ1n) is 19.6. The minimum atomic E-state index is 0.615. The zero-order valence-corrected chi connectivity index (χ0v) is 32.5. The fraction of sp³-hybridized carbons (Fsp3) is 0. The third-order valence-electron chi connectivity index (χ3n) is 10.7. The van der Waals surface area contributed by atoms with Gasteiger partial charge in [-0.15, -0.1) is 11.3 Å². The van der Waals surface area contributed by atoms with E-state index >= 15 is 0 Å². The molecule has 11 rings (SSSR count). The van der Waals surface area contributed by atoms with Gasteiger partial charge in [0, 0.05) is 53.6 Å². The first-order chi connectivity index (χ1) is 29.2. The summed E-state index contributed by atoms with van der Waals surface area (Å²) in [6.45, 7) is 0. The van der Waals surface area contributed by atoms with E-state index in [1.165, 1.54) is 30.9 Å². The molecule has 0 amide bonds. The van der Waals surface area contributed by atoms with Crippen LogP contribution in [0.2, 0.25) is 0 Å². The molecule has 0 bridgehead atoms. The minimum Gasteiger partial charge on any atom is -0.228 e. The highest BCUT2D eigenvalue weighted by Crippen LogP contribution is 2.39. The van der Waals surface area contributed by atoms with Gasteiger partial charge in [0.05, 0.1) is 11.4 Å². The lowest BCUT2D eigenvalue weighted by atomic mass is 9.99. The van der Waals surface area contributed by atoms with Crippen molar-refractivity contribution in [2.45, 2.75) is 0 Å². The molecule has 5 nitrogen and oxygen atoms in total. The van der Waals surface area contributed by atoms with E-state index in [1.807, 2.05) is 78.1 Å². The fourth-order valence-corrected chi connectivity index (χ4v) is 8.83. The maximum absolute atomic E-state index is 5.16. The standard InChI is InChI=1S/C53H33N5S/c1-4-14-34(15-5-1)46-33-47(55-50(54-46)35-16-6-2-7-17-35)41-24-12-22-37(28-41)38-23-13-25-42(29-38)52-56-51(36-18-8-3-9-19-36)57-53(58-52)43-26-27-48-44(31-43)45-30-39-20-10-11-21-40(39)32-49(45)59-48/h1-33H. The average Bonchev–Trinajstić information content (AvgIpc) is 3.68. The largest absolute Gasteiger partial charge is 0.228 e. The molecule has 0 unspecified atom stereocenters. The molecule has 6 heteroatoms. The van der Waals surface area contributed by atoms with Crippen molar-refractivity contribution in [3.8, 4) is 79.2 Å². The molecule has 276 valence electrons. The Morgan fingerprint density at radius 3 is 1.34 bits per heavy atom. The third kappa shape index (κ3) is 6.71. The quantitative estimate of drug-likeness (QED) is 0.161. The Kier molecular flexibility index (Phi) is 8.60. The molecule has 59 heavy (non-hydrogen) atoms. The van der Waals surface area contributed by atoms with Gasteiger partial charge in [0.2, 0.25) is 0 Å². The Bertz CT molecular complexity index is 3270. The van der Waals surface area contributed by atoms with Crippen molar-refractivity contribution in [1.82, 2.24) is 24.9 Å². The Hall–Kier alpha value is -7.67. The number of hydrogen-bond acceptors (Lipinski definition) is 6. The fourth-order valence-electron chi connectivity index (χ4n) is 7.72. The summed E-state index contributed by atoms with van der Waals surface area (Å²) < 4.78 is 2.51. The molecule has 0 spiro atoms. The van der Waals surface area contributed by atoms with Crippen molar-refractivity contribution in [2.24, 2.45) is 0 Å². The normalized spacial score (nSPS) is 11.4. The van der Waals surface area contributed by atoms with E-state index in [1.54, 1.807) is 0 Å². The lowest BCUT2D eigenvalue weighted by molar-refractivity contribution is 1.07. The summed E-state index contributed by atoms with van der Waals surface area (Å²) in [7, 11) is 0. The number of hydrogen-bond donors (Lipinski definition) is 0. The van der Waals surface area contributed by atoms with E-state index in [-0.39, 0.29) is 0 Å². The molecule has 0 fully saturated rings. The molecule has 0 atom stereocenters. The summed E-state index contributed by atoms with van der Waals surface area (Å²) in [6, 6.07) is 69.3. The summed E-state index contributed by atoms with van der Waals surface area (Å²) >= 11 is 1.82. The van der Waals surface area contributed by atoms with E-state index in [4.69, 9.17) is 24.9 Å². The lowest BCUT2D eigenvalue weighted by Crippen LogP contribution is -2.00. The monoisotopic (exact) mass is 771 g/mol. The van der Waals surface area contributed by atoms with Crippen LogP contribution in [0.3, 0.4) is 0 Å². The minimum absolute atomic E-state index is 0.615. The number of fused-ring (bicyclic) bond motifs is 4. The molecule has 0 saturated heterocycles. The Labute approximate surface area is 345 Å². The first-order valence-corrected chi connectivity index (χ1v) is 20.4. The van der Waals surface area contributed by atoms with Gasteiger partial charge in [0.15, 0.2) is 23.3 Å². The predicted octanol–water partition coefficient (Wildman–Crippen LogP) is 13.9. The Balaban J connectivity index is 1.00. The van der Waals surface area contributed by atoms with Gasteiger partial charge in [0.1, 0.15) is 0 Å². The zero-order chi connectivity index (χ0) is 39.1. The van der Waals surface area contributed by atoms with Gasteiger partial charge in [-0.2, -0.15) is 0 Å². The summed E-state index contributed by atoms with van der Waals surface area (Å²) in [5.41, 5.74) is 9.64. The van der Waals surface area contributed by atoms with Crippen molar-refractivity contribution in [1.29, 1.82) is 0 Å². The molecule has 0 N–H and O–H groups in total. The molecule has 3 aromatic heterocycles. The molecule has 0 aliphatic rings. The summed E-state index contributed by atoms with van der Waals surface area (Å²) in [5, 5.41) is 4.93. The molecular formula is C53H33N5S. The number of nitrogens with zero attached hydrogens (tertiary/aromatic N) is 5. The van der Waals surface area contributed by atoms with Crippen LogP contribution in [-0.4, -0.2) is 24.9 Å². The van der Waals surface area contributed by atoms with Crippen LogP contribution in [-0.2, 0) is 0 Å². The van der Waals surface area contributed by atoms with Crippen LogP contribution in [0.15, 0.2) is 200 Å². The number of rotatable bonds is 7. The second-order valence-electron chi connectivity index (χ2n) is 14.5. The Morgan fingerprint density at radius 2 is 0.695 bits per heavy atom. The maximum Gasteiger partial charge on any atom is 0.164 e. The zero-order valence-electron chi connectivity index (χ0n) is 31.7. The summed E-state index contributed by atoms with van der Waals surface area (Å²) in [4.78, 5) is 25.4. The van der Waals surface area contributed by atoms with Crippen LogP contribution in [0, 0.1) is 0 Å². The second kappa shape index (κ2) is 14.7. The van der Waals surface area contributed by atoms with Crippen LogP contribution in [0.5, 0.6) is 0 Å².